The third-order valence-electron chi connectivity index (χ3n) is 2.53. The number of alkyl carbamates (subject to hydrolysis) is 1. The van der Waals surface area contributed by atoms with E-state index >= 15 is 0 Å². The molecule has 0 saturated carbocycles. The van der Waals surface area contributed by atoms with Crippen molar-refractivity contribution in [2.45, 2.75) is 32.8 Å². The topological polar surface area (TPSA) is 56.8 Å². The lowest BCUT2D eigenvalue weighted by molar-refractivity contribution is 0.0528. The Labute approximate surface area is 120 Å². The lowest BCUT2D eigenvalue weighted by Crippen LogP contribution is -2.33. The first-order chi connectivity index (χ1) is 9.35. The molecule has 1 amide bonds. The van der Waals surface area contributed by atoms with Gasteiger partial charge in [-0.1, -0.05) is 6.07 Å². The van der Waals surface area contributed by atoms with Gasteiger partial charge in [0.1, 0.15) is 5.60 Å². The molecule has 20 heavy (non-hydrogen) atoms. The van der Waals surface area contributed by atoms with E-state index in [1.165, 1.54) is 0 Å². The maximum absolute atomic E-state index is 11.5. The largest absolute Gasteiger partial charge is 0.493 e. The molecule has 0 aliphatic heterocycles. The van der Waals surface area contributed by atoms with Gasteiger partial charge < -0.3 is 19.5 Å². The zero-order valence-corrected chi connectivity index (χ0v) is 12.8. The summed E-state index contributed by atoms with van der Waals surface area (Å²) in [7, 11) is 3.20. The number of amides is 1. The van der Waals surface area contributed by atoms with Crippen LogP contribution in [0, 0.1) is 0 Å². The van der Waals surface area contributed by atoms with Crippen LogP contribution in [0.4, 0.5) is 4.79 Å². The third kappa shape index (κ3) is 5.38. The van der Waals surface area contributed by atoms with Crippen LogP contribution in [-0.2, 0) is 11.2 Å². The van der Waals surface area contributed by atoms with Crippen molar-refractivity contribution in [3.63, 3.8) is 0 Å². The number of carbonyl (C=O) groups is 1. The summed E-state index contributed by atoms with van der Waals surface area (Å²) in [6, 6.07) is 5.69. The maximum Gasteiger partial charge on any atom is 0.407 e. The maximum atomic E-state index is 11.5. The Hall–Kier alpha value is -1.91. The average molecular weight is 281 g/mol. The summed E-state index contributed by atoms with van der Waals surface area (Å²) >= 11 is 0. The number of nitrogens with one attached hydrogen (secondary N) is 1. The molecule has 0 aliphatic carbocycles. The molecule has 1 aromatic rings. The number of rotatable bonds is 5. The van der Waals surface area contributed by atoms with Crippen LogP contribution < -0.4 is 14.8 Å². The molecule has 0 saturated heterocycles. The van der Waals surface area contributed by atoms with Crippen LogP contribution in [0.3, 0.4) is 0 Å². The van der Waals surface area contributed by atoms with E-state index in [0.717, 1.165) is 5.56 Å². The Bertz CT molecular complexity index is 452. The second-order valence-corrected chi connectivity index (χ2v) is 5.37. The molecule has 112 valence electrons. The first kappa shape index (κ1) is 16.1. The molecule has 1 rings (SSSR count). The molecule has 0 aromatic heterocycles. The minimum Gasteiger partial charge on any atom is -0.493 e. The molecule has 0 spiro atoms. The van der Waals surface area contributed by atoms with Crippen molar-refractivity contribution < 1.29 is 19.0 Å². The van der Waals surface area contributed by atoms with E-state index in [0.29, 0.717) is 24.5 Å². The summed E-state index contributed by atoms with van der Waals surface area (Å²) in [6.07, 6.45) is 0.289. The zero-order chi connectivity index (χ0) is 15.2. The predicted octanol–water partition coefficient (Wildman–Crippen LogP) is 2.77. The van der Waals surface area contributed by atoms with Crippen LogP contribution in [-0.4, -0.2) is 32.5 Å². The van der Waals surface area contributed by atoms with E-state index in [1.807, 2.05) is 39.0 Å². The molecule has 5 nitrogen and oxygen atoms in total. The molecule has 0 heterocycles. The molecule has 0 fully saturated rings. The first-order valence-corrected chi connectivity index (χ1v) is 6.53. The fourth-order valence-electron chi connectivity index (χ4n) is 1.66. The van der Waals surface area contributed by atoms with Gasteiger partial charge in [0.05, 0.1) is 14.2 Å². The second-order valence-electron chi connectivity index (χ2n) is 5.37. The fraction of sp³-hybridized carbons (Fsp3) is 0.533. The van der Waals surface area contributed by atoms with Crippen LogP contribution in [0.1, 0.15) is 26.3 Å². The molecule has 5 heteroatoms. The Kier molecular flexibility index (Phi) is 5.67. The molecule has 0 radical (unpaired) electrons. The highest BCUT2D eigenvalue weighted by atomic mass is 16.6. The lowest BCUT2D eigenvalue weighted by atomic mass is 10.1. The molecular weight excluding hydrogens is 258 g/mol. The quantitative estimate of drug-likeness (QED) is 0.901. The molecule has 0 aliphatic rings. The minimum absolute atomic E-state index is 0.405. The molecule has 1 N–H and O–H groups in total. The van der Waals surface area contributed by atoms with Crippen molar-refractivity contribution in [3.05, 3.63) is 23.8 Å². The van der Waals surface area contributed by atoms with Crippen molar-refractivity contribution in [1.82, 2.24) is 5.32 Å². The highest BCUT2D eigenvalue weighted by Gasteiger charge is 2.15. The normalized spacial score (nSPS) is 10.8. The van der Waals surface area contributed by atoms with Gasteiger partial charge in [0, 0.05) is 6.54 Å². The van der Waals surface area contributed by atoms with Crippen LogP contribution in [0.5, 0.6) is 11.5 Å². The number of hydrogen-bond acceptors (Lipinski definition) is 4. The van der Waals surface area contributed by atoms with Gasteiger partial charge >= 0.3 is 6.09 Å². The summed E-state index contributed by atoms with van der Waals surface area (Å²) in [5, 5.41) is 2.72. The van der Waals surface area contributed by atoms with Gasteiger partial charge in [0.15, 0.2) is 11.5 Å². The van der Waals surface area contributed by atoms with Crippen molar-refractivity contribution >= 4 is 6.09 Å². The Morgan fingerprint density at radius 2 is 1.80 bits per heavy atom. The Morgan fingerprint density at radius 1 is 1.15 bits per heavy atom. The second kappa shape index (κ2) is 7.03. The smallest absolute Gasteiger partial charge is 0.407 e. The molecule has 0 bridgehead atoms. The van der Waals surface area contributed by atoms with E-state index in [1.54, 1.807) is 14.2 Å². The van der Waals surface area contributed by atoms with Gasteiger partial charge in [-0.25, -0.2) is 4.79 Å². The Balaban J connectivity index is 2.48. The van der Waals surface area contributed by atoms with Crippen molar-refractivity contribution in [1.29, 1.82) is 0 Å². The lowest BCUT2D eigenvalue weighted by Gasteiger charge is -2.19. The van der Waals surface area contributed by atoms with Gasteiger partial charge in [-0.2, -0.15) is 0 Å². The SMILES string of the molecule is COc1ccc(CCNC(=O)OC(C)(C)C)cc1OC. The molecule has 0 unspecified atom stereocenters. The molecule has 1 aromatic carbocycles. The standard InChI is InChI=1S/C15H23NO4/c1-15(2,3)20-14(17)16-9-8-11-6-7-12(18-4)13(10-11)19-5/h6-7,10H,8-9H2,1-5H3,(H,16,17). The van der Waals surface area contributed by atoms with Gasteiger partial charge in [-0.05, 0) is 44.9 Å². The third-order valence-corrected chi connectivity index (χ3v) is 2.53. The highest BCUT2D eigenvalue weighted by molar-refractivity contribution is 5.67. The van der Waals surface area contributed by atoms with Gasteiger partial charge in [-0.3, -0.25) is 0 Å². The number of benzene rings is 1. The highest BCUT2D eigenvalue weighted by Crippen LogP contribution is 2.27. The zero-order valence-electron chi connectivity index (χ0n) is 12.8. The van der Waals surface area contributed by atoms with Crippen molar-refractivity contribution in [2.75, 3.05) is 20.8 Å². The van der Waals surface area contributed by atoms with E-state index < -0.39 is 11.7 Å². The monoisotopic (exact) mass is 281 g/mol. The molecular formula is C15H23NO4. The van der Waals surface area contributed by atoms with E-state index in [9.17, 15) is 4.79 Å². The van der Waals surface area contributed by atoms with E-state index in [2.05, 4.69) is 5.32 Å². The number of carbonyl (C=O) groups excluding carboxylic acids is 1. The summed E-state index contributed by atoms with van der Waals surface area (Å²) in [4.78, 5) is 11.5. The number of hydrogen-bond donors (Lipinski definition) is 1. The summed E-state index contributed by atoms with van der Waals surface area (Å²) in [5.41, 5.74) is 0.576. The van der Waals surface area contributed by atoms with Gasteiger partial charge in [0.2, 0.25) is 0 Å². The summed E-state index contributed by atoms with van der Waals surface area (Å²) in [6.45, 7) is 6.01. The van der Waals surface area contributed by atoms with Crippen molar-refractivity contribution in [2.24, 2.45) is 0 Å². The van der Waals surface area contributed by atoms with Crippen molar-refractivity contribution in [3.8, 4) is 11.5 Å². The predicted molar refractivity (Wildman–Crippen MR) is 77.5 cm³/mol. The van der Waals surface area contributed by atoms with Crippen LogP contribution in [0.15, 0.2) is 18.2 Å². The summed E-state index contributed by atoms with van der Waals surface area (Å²) in [5.74, 6) is 1.37. The van der Waals surface area contributed by atoms with Crippen LogP contribution in [0.25, 0.3) is 0 Å². The number of ether oxygens (including phenoxy) is 3. The van der Waals surface area contributed by atoms with Gasteiger partial charge in [-0.15, -0.1) is 0 Å². The summed E-state index contributed by atoms with van der Waals surface area (Å²) < 4.78 is 15.6. The fourth-order valence-corrected chi connectivity index (χ4v) is 1.66. The van der Waals surface area contributed by atoms with E-state index in [-0.39, 0.29) is 0 Å². The average Bonchev–Trinajstić information content (AvgIpc) is 2.36. The minimum atomic E-state index is -0.479. The number of methoxy groups -OCH3 is 2. The van der Waals surface area contributed by atoms with Crippen LogP contribution >= 0.6 is 0 Å². The molecule has 0 atom stereocenters. The van der Waals surface area contributed by atoms with Crippen LogP contribution in [0.2, 0.25) is 0 Å². The Morgan fingerprint density at radius 3 is 2.35 bits per heavy atom. The van der Waals surface area contributed by atoms with Gasteiger partial charge in [0.25, 0.3) is 0 Å². The van der Waals surface area contributed by atoms with E-state index in [4.69, 9.17) is 14.2 Å². The first-order valence-electron chi connectivity index (χ1n) is 6.53.